The highest BCUT2D eigenvalue weighted by atomic mass is 16.3. The average Bonchev–Trinajstić information content (AvgIpc) is 2.44. The van der Waals surface area contributed by atoms with Gasteiger partial charge in [-0.25, -0.2) is 0 Å². The Morgan fingerprint density at radius 3 is 2.89 bits per heavy atom. The summed E-state index contributed by atoms with van der Waals surface area (Å²) in [5.74, 6) is 0.349. The first kappa shape index (κ1) is 11.6. The Morgan fingerprint density at radius 2 is 2.16 bits per heavy atom. The molecule has 2 aromatic rings. The zero-order chi connectivity index (χ0) is 13.4. The van der Waals surface area contributed by atoms with E-state index in [1.807, 2.05) is 37.4 Å². The highest BCUT2D eigenvalue weighted by molar-refractivity contribution is 6.00. The zero-order valence-corrected chi connectivity index (χ0v) is 10.6. The molecule has 0 unspecified atom stereocenters. The summed E-state index contributed by atoms with van der Waals surface area (Å²) in [6.45, 7) is 0. The number of allylic oxidation sites excluding steroid dienone is 1. The molecule has 1 atom stereocenters. The fourth-order valence-corrected chi connectivity index (χ4v) is 2.83. The minimum Gasteiger partial charge on any atom is -0.507 e. The van der Waals surface area contributed by atoms with Crippen molar-refractivity contribution in [1.29, 1.82) is 5.26 Å². The van der Waals surface area contributed by atoms with Crippen LogP contribution in [0.15, 0.2) is 36.4 Å². The molecule has 3 heteroatoms. The van der Waals surface area contributed by atoms with Crippen molar-refractivity contribution in [1.82, 2.24) is 5.32 Å². The van der Waals surface area contributed by atoms with E-state index in [4.69, 9.17) is 5.26 Å². The fraction of sp³-hybridized carbons (Fsp3) is 0.188. The first-order chi connectivity index (χ1) is 9.26. The molecule has 0 radical (unpaired) electrons. The maximum absolute atomic E-state index is 10.1. The van der Waals surface area contributed by atoms with Gasteiger partial charge in [0.2, 0.25) is 0 Å². The third-order valence-corrected chi connectivity index (χ3v) is 3.67. The van der Waals surface area contributed by atoms with Crippen LogP contribution in [0.5, 0.6) is 5.75 Å². The van der Waals surface area contributed by atoms with E-state index >= 15 is 0 Å². The van der Waals surface area contributed by atoms with Gasteiger partial charge in [0.05, 0.1) is 6.07 Å². The number of phenolic OH excluding ortho intramolecular Hbond substituents is 1. The number of phenols is 1. The molecule has 0 amide bonds. The molecule has 94 valence electrons. The normalized spacial score (nSPS) is 16.8. The molecule has 0 fully saturated rings. The third kappa shape index (κ3) is 1.65. The van der Waals surface area contributed by atoms with Crippen molar-refractivity contribution >= 4 is 16.5 Å². The quantitative estimate of drug-likeness (QED) is 0.861. The molecule has 0 bridgehead atoms. The Labute approximate surface area is 111 Å². The van der Waals surface area contributed by atoms with E-state index in [-0.39, 0.29) is 11.7 Å². The first-order valence-corrected chi connectivity index (χ1v) is 6.27. The molecule has 3 rings (SSSR count). The molecule has 2 N–H and O–H groups in total. The van der Waals surface area contributed by atoms with Crippen molar-refractivity contribution in [3.05, 3.63) is 47.5 Å². The fourth-order valence-electron chi connectivity index (χ4n) is 2.83. The van der Waals surface area contributed by atoms with Gasteiger partial charge in [0.25, 0.3) is 0 Å². The van der Waals surface area contributed by atoms with Gasteiger partial charge in [-0.05, 0) is 22.4 Å². The second-order valence-corrected chi connectivity index (χ2v) is 4.70. The monoisotopic (exact) mass is 250 g/mol. The van der Waals surface area contributed by atoms with Crippen molar-refractivity contribution in [2.24, 2.45) is 0 Å². The summed E-state index contributed by atoms with van der Waals surface area (Å²) < 4.78 is 0. The topological polar surface area (TPSA) is 56.0 Å². The molecule has 0 aromatic heterocycles. The van der Waals surface area contributed by atoms with E-state index in [1.165, 1.54) is 0 Å². The molecule has 0 saturated carbocycles. The van der Waals surface area contributed by atoms with Crippen LogP contribution >= 0.6 is 0 Å². The van der Waals surface area contributed by atoms with Gasteiger partial charge in [0.15, 0.2) is 0 Å². The van der Waals surface area contributed by atoms with Gasteiger partial charge in [0, 0.05) is 30.6 Å². The van der Waals surface area contributed by atoms with E-state index < -0.39 is 0 Å². The molecular formula is C16H14N2O. The van der Waals surface area contributed by atoms with Crippen LogP contribution in [0.25, 0.3) is 16.5 Å². The molecule has 0 heterocycles. The summed E-state index contributed by atoms with van der Waals surface area (Å²) in [5.41, 5.74) is 2.84. The second-order valence-electron chi connectivity index (χ2n) is 4.70. The Balaban J connectivity index is 2.39. The molecule has 0 spiro atoms. The predicted octanol–water partition coefficient (Wildman–Crippen LogP) is 3.12. The number of nitrogens with zero attached hydrogens (tertiary/aromatic N) is 1. The lowest BCUT2D eigenvalue weighted by atomic mass is 9.83. The maximum atomic E-state index is 10.1. The van der Waals surface area contributed by atoms with Gasteiger partial charge in [-0.2, -0.15) is 5.26 Å². The van der Waals surface area contributed by atoms with Crippen LogP contribution in [0.3, 0.4) is 0 Å². The van der Waals surface area contributed by atoms with Crippen LogP contribution in [0, 0.1) is 11.3 Å². The van der Waals surface area contributed by atoms with Crippen molar-refractivity contribution in [2.75, 3.05) is 7.05 Å². The lowest BCUT2D eigenvalue weighted by molar-refractivity contribution is 0.474. The lowest BCUT2D eigenvalue weighted by Crippen LogP contribution is -2.13. The van der Waals surface area contributed by atoms with Crippen LogP contribution in [0.2, 0.25) is 0 Å². The van der Waals surface area contributed by atoms with E-state index in [9.17, 15) is 5.11 Å². The summed E-state index contributed by atoms with van der Waals surface area (Å²) in [7, 11) is 1.83. The highest BCUT2D eigenvalue weighted by Gasteiger charge is 2.23. The predicted molar refractivity (Wildman–Crippen MR) is 75.6 cm³/mol. The number of nitriles is 1. The van der Waals surface area contributed by atoms with Gasteiger partial charge >= 0.3 is 0 Å². The van der Waals surface area contributed by atoms with E-state index in [1.54, 1.807) is 6.07 Å². The van der Waals surface area contributed by atoms with Crippen molar-refractivity contribution in [3.63, 3.8) is 0 Å². The average molecular weight is 250 g/mol. The third-order valence-electron chi connectivity index (χ3n) is 3.67. The molecule has 3 nitrogen and oxygen atoms in total. The Bertz CT molecular complexity index is 725. The summed E-state index contributed by atoms with van der Waals surface area (Å²) in [4.78, 5) is 0. The van der Waals surface area contributed by atoms with Crippen LogP contribution in [-0.2, 0) is 0 Å². The van der Waals surface area contributed by atoms with Crippen molar-refractivity contribution < 1.29 is 5.11 Å². The standard InChI is InChI=1S/C16H14N2O/c1-18-13-9-11(7-8-17)12-4-2-3-10-5-6-14(19)16(13)15(10)12/h2-6,9,11,18-19H,7H2,1H3/t11-/m1/s1. The summed E-state index contributed by atoms with van der Waals surface area (Å²) in [6.07, 6.45) is 2.47. The number of benzene rings is 2. The summed E-state index contributed by atoms with van der Waals surface area (Å²) >= 11 is 0. The number of rotatable bonds is 2. The van der Waals surface area contributed by atoms with Gasteiger partial charge in [-0.15, -0.1) is 0 Å². The SMILES string of the molecule is CNC1=C[C@@H](CC#N)c2cccc3ccc(O)c1c23. The molecule has 1 aliphatic rings. The lowest BCUT2D eigenvalue weighted by Gasteiger charge is -2.24. The van der Waals surface area contributed by atoms with Gasteiger partial charge in [-0.1, -0.05) is 30.3 Å². The minimum atomic E-state index is 0.0745. The summed E-state index contributed by atoms with van der Waals surface area (Å²) in [5, 5.41) is 24.4. The zero-order valence-electron chi connectivity index (χ0n) is 10.6. The molecule has 0 saturated heterocycles. The molecular weight excluding hydrogens is 236 g/mol. The van der Waals surface area contributed by atoms with Gasteiger partial charge in [-0.3, -0.25) is 0 Å². The molecule has 2 aromatic carbocycles. The van der Waals surface area contributed by atoms with Crippen LogP contribution in [-0.4, -0.2) is 12.2 Å². The number of aromatic hydroxyl groups is 1. The Morgan fingerprint density at radius 1 is 1.32 bits per heavy atom. The van der Waals surface area contributed by atoms with Crippen LogP contribution < -0.4 is 5.32 Å². The van der Waals surface area contributed by atoms with Crippen molar-refractivity contribution in [2.45, 2.75) is 12.3 Å². The van der Waals surface area contributed by atoms with Gasteiger partial charge < -0.3 is 10.4 Å². The van der Waals surface area contributed by atoms with Crippen molar-refractivity contribution in [3.8, 4) is 11.8 Å². The second kappa shape index (κ2) is 4.33. The highest BCUT2D eigenvalue weighted by Crippen LogP contribution is 2.42. The van der Waals surface area contributed by atoms with E-state index in [2.05, 4.69) is 11.4 Å². The largest absolute Gasteiger partial charge is 0.507 e. The number of hydrogen-bond donors (Lipinski definition) is 2. The molecule has 0 aliphatic heterocycles. The van der Waals surface area contributed by atoms with Crippen LogP contribution in [0.4, 0.5) is 0 Å². The minimum absolute atomic E-state index is 0.0745. The molecule has 1 aliphatic carbocycles. The smallest absolute Gasteiger partial charge is 0.125 e. The first-order valence-electron chi connectivity index (χ1n) is 6.27. The number of hydrogen-bond acceptors (Lipinski definition) is 3. The number of nitrogens with one attached hydrogen (secondary N) is 1. The van der Waals surface area contributed by atoms with E-state index in [0.29, 0.717) is 6.42 Å². The van der Waals surface area contributed by atoms with E-state index in [0.717, 1.165) is 27.6 Å². The van der Waals surface area contributed by atoms with Crippen LogP contribution in [0.1, 0.15) is 23.5 Å². The van der Waals surface area contributed by atoms with Gasteiger partial charge in [0.1, 0.15) is 5.75 Å². The summed E-state index contributed by atoms with van der Waals surface area (Å²) in [6, 6.07) is 11.9. The Kier molecular flexibility index (Phi) is 2.64. The molecule has 19 heavy (non-hydrogen) atoms. The maximum Gasteiger partial charge on any atom is 0.125 e. The Hall–Kier alpha value is -2.47.